The molecule has 0 aliphatic rings. The van der Waals surface area contributed by atoms with Gasteiger partial charge in [-0.25, -0.2) is 9.50 Å². The van der Waals surface area contributed by atoms with Crippen LogP contribution >= 0.6 is 0 Å². The smallest absolute Gasteiger partial charge is 0.326 e. The minimum atomic E-state index is -1.11. The number of nitrogens with zero attached hydrogens (tertiary/aromatic N) is 3. The van der Waals surface area contributed by atoms with Gasteiger partial charge in [0.25, 0.3) is 0 Å². The second-order valence-electron chi connectivity index (χ2n) is 3.69. The number of aliphatic carboxylic acids is 1. The maximum atomic E-state index is 10.7. The summed E-state index contributed by atoms with van der Waals surface area (Å²) in [5.74, 6) is -1.10. The van der Waals surface area contributed by atoms with Crippen LogP contribution in [-0.2, 0) is 4.79 Å². The third kappa shape index (κ3) is 1.63. The van der Waals surface area contributed by atoms with Gasteiger partial charge in [-0.15, -0.1) is 0 Å². The van der Waals surface area contributed by atoms with Crippen LogP contribution in [0, 0.1) is 13.8 Å². The lowest BCUT2D eigenvalue weighted by Gasteiger charge is -2.00. The normalized spacial score (nSPS) is 12.9. The Kier molecular flexibility index (Phi) is 2.35. The molecule has 0 saturated heterocycles. The van der Waals surface area contributed by atoms with Crippen LogP contribution in [0.4, 0.5) is 0 Å². The number of fused-ring (bicyclic) bond motifs is 1. The van der Waals surface area contributed by atoms with E-state index in [9.17, 15) is 4.79 Å². The Bertz CT molecular complexity index is 561. The maximum Gasteiger partial charge on any atom is 0.326 e. The fourth-order valence-electron chi connectivity index (χ4n) is 1.58. The average Bonchev–Trinajstić information content (AvgIpc) is 2.60. The van der Waals surface area contributed by atoms with Gasteiger partial charge in [-0.1, -0.05) is 0 Å². The first-order valence-corrected chi connectivity index (χ1v) is 4.81. The molecule has 0 radical (unpaired) electrons. The lowest BCUT2D eigenvalue weighted by atomic mass is 10.2. The van der Waals surface area contributed by atoms with Crippen molar-refractivity contribution in [2.45, 2.75) is 19.9 Å². The molecule has 0 aromatic carbocycles. The summed E-state index contributed by atoms with van der Waals surface area (Å²) in [7, 11) is 0. The van der Waals surface area contributed by atoms with Crippen molar-refractivity contribution in [2.75, 3.05) is 0 Å². The van der Waals surface area contributed by atoms with Crippen LogP contribution in [0.25, 0.3) is 5.65 Å². The number of aryl methyl sites for hydroxylation is 2. The molecule has 84 valence electrons. The van der Waals surface area contributed by atoms with Crippen LogP contribution < -0.4 is 5.73 Å². The summed E-state index contributed by atoms with van der Waals surface area (Å²) in [5, 5.41) is 12.9. The standard InChI is InChI=1S/C10H12N4O2/c1-5-3-6(2)14-8(12-5)4-7(13-14)9(11)10(15)16/h3-4,9H,11H2,1-2H3,(H,15,16). The highest BCUT2D eigenvalue weighted by atomic mass is 16.4. The van der Waals surface area contributed by atoms with Crippen molar-refractivity contribution in [3.8, 4) is 0 Å². The molecule has 0 spiro atoms. The van der Waals surface area contributed by atoms with E-state index in [1.165, 1.54) is 0 Å². The summed E-state index contributed by atoms with van der Waals surface area (Å²) >= 11 is 0. The van der Waals surface area contributed by atoms with E-state index in [1.807, 2.05) is 19.9 Å². The second kappa shape index (κ2) is 3.57. The monoisotopic (exact) mass is 220 g/mol. The van der Waals surface area contributed by atoms with Gasteiger partial charge in [0.1, 0.15) is 6.04 Å². The Morgan fingerprint density at radius 1 is 1.50 bits per heavy atom. The van der Waals surface area contributed by atoms with Crippen LogP contribution in [0.5, 0.6) is 0 Å². The van der Waals surface area contributed by atoms with Gasteiger partial charge in [0.05, 0.1) is 5.69 Å². The zero-order chi connectivity index (χ0) is 11.9. The molecule has 0 amide bonds. The molecular formula is C10H12N4O2. The van der Waals surface area contributed by atoms with Gasteiger partial charge in [-0.3, -0.25) is 4.79 Å². The van der Waals surface area contributed by atoms with E-state index in [-0.39, 0.29) is 0 Å². The van der Waals surface area contributed by atoms with E-state index >= 15 is 0 Å². The number of nitrogens with two attached hydrogens (primary N) is 1. The molecule has 6 heteroatoms. The van der Waals surface area contributed by atoms with E-state index in [1.54, 1.807) is 10.6 Å². The fourth-order valence-corrected chi connectivity index (χ4v) is 1.58. The number of rotatable bonds is 2. The molecule has 2 heterocycles. The Morgan fingerprint density at radius 2 is 2.19 bits per heavy atom. The van der Waals surface area contributed by atoms with Gasteiger partial charge in [0, 0.05) is 17.5 Å². The van der Waals surface area contributed by atoms with Crippen LogP contribution in [0.3, 0.4) is 0 Å². The number of carboxylic acids is 1. The minimum absolute atomic E-state index is 0.314. The zero-order valence-corrected chi connectivity index (χ0v) is 9.01. The second-order valence-corrected chi connectivity index (χ2v) is 3.69. The first-order chi connectivity index (χ1) is 7.49. The third-order valence-electron chi connectivity index (χ3n) is 2.34. The minimum Gasteiger partial charge on any atom is -0.480 e. The van der Waals surface area contributed by atoms with E-state index in [4.69, 9.17) is 10.8 Å². The molecule has 0 aliphatic heterocycles. The number of aromatic nitrogens is 3. The topological polar surface area (TPSA) is 93.5 Å². The average molecular weight is 220 g/mol. The van der Waals surface area contributed by atoms with Crippen LogP contribution in [0.15, 0.2) is 12.1 Å². The van der Waals surface area contributed by atoms with Gasteiger partial charge in [0.15, 0.2) is 5.65 Å². The molecule has 2 aromatic heterocycles. The van der Waals surface area contributed by atoms with Crippen LogP contribution in [0.1, 0.15) is 23.1 Å². The number of hydrogen-bond donors (Lipinski definition) is 2. The molecule has 0 saturated carbocycles. The Morgan fingerprint density at radius 3 is 2.81 bits per heavy atom. The fraction of sp³-hybridized carbons (Fsp3) is 0.300. The van der Waals surface area contributed by atoms with Crippen molar-refractivity contribution in [2.24, 2.45) is 5.73 Å². The molecule has 16 heavy (non-hydrogen) atoms. The molecule has 1 unspecified atom stereocenters. The molecule has 0 fully saturated rings. The van der Waals surface area contributed by atoms with Crippen molar-refractivity contribution < 1.29 is 9.90 Å². The van der Waals surface area contributed by atoms with Gasteiger partial charge < -0.3 is 10.8 Å². The van der Waals surface area contributed by atoms with Crippen molar-refractivity contribution in [1.82, 2.24) is 14.6 Å². The van der Waals surface area contributed by atoms with Crippen molar-refractivity contribution in [1.29, 1.82) is 0 Å². The molecule has 6 nitrogen and oxygen atoms in total. The maximum absolute atomic E-state index is 10.7. The van der Waals surface area contributed by atoms with Crippen molar-refractivity contribution in [3.05, 3.63) is 29.2 Å². The highest BCUT2D eigenvalue weighted by Crippen LogP contribution is 2.13. The Labute approximate surface area is 91.7 Å². The third-order valence-corrected chi connectivity index (χ3v) is 2.34. The summed E-state index contributed by atoms with van der Waals surface area (Å²) < 4.78 is 1.59. The highest BCUT2D eigenvalue weighted by Gasteiger charge is 2.18. The molecule has 0 bridgehead atoms. The predicted molar refractivity (Wildman–Crippen MR) is 57.0 cm³/mol. The molecular weight excluding hydrogens is 208 g/mol. The summed E-state index contributed by atoms with van der Waals surface area (Å²) in [6, 6.07) is 2.36. The van der Waals surface area contributed by atoms with Gasteiger partial charge >= 0.3 is 5.97 Å². The summed E-state index contributed by atoms with van der Waals surface area (Å²) in [4.78, 5) is 15.0. The number of carbonyl (C=O) groups is 1. The van der Waals surface area contributed by atoms with E-state index in [0.29, 0.717) is 11.3 Å². The van der Waals surface area contributed by atoms with E-state index in [0.717, 1.165) is 11.4 Å². The SMILES string of the molecule is Cc1cc(C)n2nc(C(N)C(=O)O)cc2n1. The first kappa shape index (κ1) is 10.6. The molecule has 2 aromatic rings. The van der Waals surface area contributed by atoms with Crippen LogP contribution in [-0.4, -0.2) is 25.7 Å². The highest BCUT2D eigenvalue weighted by molar-refractivity contribution is 5.75. The molecule has 2 rings (SSSR count). The van der Waals surface area contributed by atoms with Gasteiger partial charge in [0.2, 0.25) is 0 Å². The van der Waals surface area contributed by atoms with E-state index < -0.39 is 12.0 Å². The largest absolute Gasteiger partial charge is 0.480 e. The quantitative estimate of drug-likeness (QED) is 0.765. The number of hydrogen-bond acceptors (Lipinski definition) is 4. The zero-order valence-electron chi connectivity index (χ0n) is 9.01. The van der Waals surface area contributed by atoms with Crippen molar-refractivity contribution >= 4 is 11.6 Å². The van der Waals surface area contributed by atoms with Gasteiger partial charge in [-0.05, 0) is 19.9 Å². The molecule has 3 N–H and O–H groups in total. The van der Waals surface area contributed by atoms with E-state index in [2.05, 4.69) is 10.1 Å². The Hall–Kier alpha value is -1.95. The summed E-state index contributed by atoms with van der Waals surface area (Å²) in [6.45, 7) is 3.75. The van der Waals surface area contributed by atoms with Crippen molar-refractivity contribution in [3.63, 3.8) is 0 Å². The lowest BCUT2D eigenvalue weighted by Crippen LogP contribution is -2.21. The number of carboxylic acid groups (broad SMARTS) is 1. The summed E-state index contributed by atoms with van der Waals surface area (Å²) in [5.41, 5.74) is 8.17. The first-order valence-electron chi connectivity index (χ1n) is 4.81. The summed E-state index contributed by atoms with van der Waals surface area (Å²) in [6.07, 6.45) is 0. The van der Waals surface area contributed by atoms with Gasteiger partial charge in [-0.2, -0.15) is 5.10 Å². The molecule has 1 atom stereocenters. The molecule has 0 aliphatic carbocycles. The lowest BCUT2D eigenvalue weighted by molar-refractivity contribution is -0.138. The predicted octanol–water partition coefficient (Wildman–Crippen LogP) is 0.431. The van der Waals surface area contributed by atoms with Crippen LogP contribution in [0.2, 0.25) is 0 Å². The Balaban J connectivity index is 2.60.